The first-order chi connectivity index (χ1) is 6.97. The first-order valence-corrected chi connectivity index (χ1v) is 5.04. The minimum absolute atomic E-state index is 0.125. The molecule has 0 aliphatic carbocycles. The molecule has 0 aliphatic rings. The second kappa shape index (κ2) is 6.93. The summed E-state index contributed by atoms with van der Waals surface area (Å²) in [5, 5.41) is 0. The molecule has 1 aromatic carbocycles. The van der Waals surface area contributed by atoms with Gasteiger partial charge in [0.1, 0.15) is 5.78 Å². The number of ketones is 2. The summed E-state index contributed by atoms with van der Waals surface area (Å²) in [7, 11) is 0. The molecule has 82 valence electrons. The maximum Gasteiger partial charge on any atom is 0.159 e. The molecule has 0 saturated carbocycles. The summed E-state index contributed by atoms with van der Waals surface area (Å²) in [5.74, 6) is 0.380. The van der Waals surface area contributed by atoms with Gasteiger partial charge in [-0.15, -0.1) is 0 Å². The standard InChI is InChI=1S/C9H10O.C4H8O/c1-7-3-5-9(6-4-7)8(2)10;1-3-4(2)5/h3-6H,1-2H3;3H2,1-2H3. The molecule has 2 nitrogen and oxygen atoms in total. The van der Waals surface area contributed by atoms with Gasteiger partial charge < -0.3 is 4.79 Å². The van der Waals surface area contributed by atoms with Crippen LogP contribution in [-0.2, 0) is 4.79 Å². The summed E-state index contributed by atoms with van der Waals surface area (Å²) in [6.07, 6.45) is 0.667. The van der Waals surface area contributed by atoms with E-state index in [2.05, 4.69) is 0 Å². The van der Waals surface area contributed by atoms with Crippen LogP contribution in [0, 0.1) is 6.92 Å². The smallest absolute Gasteiger partial charge is 0.159 e. The number of Topliss-reactive ketones (excluding diaryl/α,β-unsaturated/α-hetero) is 2. The van der Waals surface area contributed by atoms with Crippen LogP contribution < -0.4 is 0 Å². The van der Waals surface area contributed by atoms with Gasteiger partial charge in [0, 0.05) is 12.0 Å². The largest absolute Gasteiger partial charge is 0.300 e. The number of rotatable bonds is 2. The quantitative estimate of drug-likeness (QED) is 0.696. The van der Waals surface area contributed by atoms with Gasteiger partial charge in [-0.25, -0.2) is 0 Å². The zero-order valence-electron chi connectivity index (χ0n) is 9.83. The fourth-order valence-electron chi connectivity index (χ4n) is 0.788. The predicted octanol–water partition coefficient (Wildman–Crippen LogP) is 3.18. The molecule has 1 aromatic rings. The molecule has 0 amide bonds. The van der Waals surface area contributed by atoms with Gasteiger partial charge in [-0.1, -0.05) is 36.8 Å². The van der Waals surface area contributed by atoms with Crippen LogP contribution >= 0.6 is 0 Å². The van der Waals surface area contributed by atoms with E-state index in [4.69, 9.17) is 0 Å². The van der Waals surface area contributed by atoms with Crippen LogP contribution in [0.4, 0.5) is 0 Å². The molecule has 0 radical (unpaired) electrons. The Bertz CT molecular complexity index is 323. The van der Waals surface area contributed by atoms with Crippen LogP contribution in [0.1, 0.15) is 43.1 Å². The number of hydrogen-bond donors (Lipinski definition) is 0. The highest BCUT2D eigenvalue weighted by molar-refractivity contribution is 5.93. The van der Waals surface area contributed by atoms with Crippen LogP contribution in [0.3, 0.4) is 0 Å². The molecule has 0 heterocycles. The summed E-state index contributed by atoms with van der Waals surface area (Å²) < 4.78 is 0. The number of aryl methyl sites for hydroxylation is 1. The summed E-state index contributed by atoms with van der Waals surface area (Å²) in [6, 6.07) is 7.57. The van der Waals surface area contributed by atoms with E-state index in [0.29, 0.717) is 6.42 Å². The lowest BCUT2D eigenvalue weighted by atomic mass is 10.1. The van der Waals surface area contributed by atoms with Gasteiger partial charge in [0.05, 0.1) is 0 Å². The molecule has 0 saturated heterocycles. The topological polar surface area (TPSA) is 34.1 Å². The molecule has 0 spiro atoms. The molecule has 0 aliphatic heterocycles. The van der Waals surface area contributed by atoms with Crippen LogP contribution in [0.2, 0.25) is 0 Å². The zero-order chi connectivity index (χ0) is 11.8. The SMILES string of the molecule is CC(=O)c1ccc(C)cc1.CCC(C)=O. The van der Waals surface area contributed by atoms with Crippen molar-refractivity contribution in [2.75, 3.05) is 0 Å². The maximum atomic E-state index is 10.8. The van der Waals surface area contributed by atoms with E-state index in [9.17, 15) is 9.59 Å². The van der Waals surface area contributed by atoms with E-state index in [1.165, 1.54) is 5.56 Å². The second-order valence-electron chi connectivity index (χ2n) is 3.48. The van der Waals surface area contributed by atoms with Crippen LogP contribution in [0.5, 0.6) is 0 Å². The van der Waals surface area contributed by atoms with E-state index in [0.717, 1.165) is 5.56 Å². The minimum atomic E-state index is 0.125. The van der Waals surface area contributed by atoms with Crippen molar-refractivity contribution in [2.45, 2.75) is 34.1 Å². The van der Waals surface area contributed by atoms with E-state index in [1.54, 1.807) is 13.8 Å². The van der Waals surface area contributed by atoms with Crippen LogP contribution in [0.15, 0.2) is 24.3 Å². The summed E-state index contributed by atoms with van der Waals surface area (Å²) >= 11 is 0. The Hall–Kier alpha value is -1.44. The third-order valence-corrected chi connectivity index (χ3v) is 1.96. The Kier molecular flexibility index (Phi) is 6.27. The summed E-state index contributed by atoms with van der Waals surface area (Å²) in [5.41, 5.74) is 1.97. The van der Waals surface area contributed by atoms with Crippen molar-refractivity contribution in [3.63, 3.8) is 0 Å². The van der Waals surface area contributed by atoms with E-state index < -0.39 is 0 Å². The normalized spacial score (nSPS) is 8.80. The average Bonchev–Trinajstić information content (AvgIpc) is 2.19. The van der Waals surface area contributed by atoms with Crippen molar-refractivity contribution >= 4 is 11.6 Å². The molecule has 2 heteroatoms. The van der Waals surface area contributed by atoms with E-state index >= 15 is 0 Å². The van der Waals surface area contributed by atoms with Crippen LogP contribution in [0.25, 0.3) is 0 Å². The lowest BCUT2D eigenvalue weighted by Crippen LogP contribution is -1.90. The molecule has 15 heavy (non-hydrogen) atoms. The zero-order valence-corrected chi connectivity index (χ0v) is 9.83. The Morgan fingerprint density at radius 3 is 1.73 bits per heavy atom. The van der Waals surface area contributed by atoms with Crippen molar-refractivity contribution in [1.29, 1.82) is 0 Å². The molecular formula is C13H18O2. The molecule has 0 aromatic heterocycles. The Labute approximate surface area is 91.3 Å². The Morgan fingerprint density at radius 2 is 1.47 bits per heavy atom. The molecule has 0 N–H and O–H groups in total. The lowest BCUT2D eigenvalue weighted by molar-refractivity contribution is -0.116. The number of carbonyl (C=O) groups excluding carboxylic acids is 2. The molecule has 0 atom stereocenters. The van der Waals surface area contributed by atoms with E-state index in [-0.39, 0.29) is 11.6 Å². The average molecular weight is 206 g/mol. The highest BCUT2D eigenvalue weighted by atomic mass is 16.1. The highest BCUT2D eigenvalue weighted by Crippen LogP contribution is 2.02. The molecule has 1 rings (SSSR count). The van der Waals surface area contributed by atoms with Crippen molar-refractivity contribution in [2.24, 2.45) is 0 Å². The van der Waals surface area contributed by atoms with Crippen LogP contribution in [-0.4, -0.2) is 11.6 Å². The second-order valence-corrected chi connectivity index (χ2v) is 3.48. The van der Waals surface area contributed by atoms with Gasteiger partial charge in [-0.05, 0) is 20.8 Å². The molecule has 0 bridgehead atoms. The van der Waals surface area contributed by atoms with Crippen molar-refractivity contribution in [3.8, 4) is 0 Å². The van der Waals surface area contributed by atoms with Crippen molar-refractivity contribution in [1.82, 2.24) is 0 Å². The Balaban J connectivity index is 0.000000336. The first-order valence-electron chi connectivity index (χ1n) is 5.04. The van der Waals surface area contributed by atoms with E-state index in [1.807, 2.05) is 38.1 Å². The van der Waals surface area contributed by atoms with Crippen molar-refractivity contribution < 1.29 is 9.59 Å². The summed E-state index contributed by atoms with van der Waals surface area (Å²) in [6.45, 7) is 7.01. The van der Waals surface area contributed by atoms with Gasteiger partial charge >= 0.3 is 0 Å². The number of hydrogen-bond acceptors (Lipinski definition) is 2. The van der Waals surface area contributed by atoms with Gasteiger partial charge in [-0.2, -0.15) is 0 Å². The third-order valence-electron chi connectivity index (χ3n) is 1.96. The monoisotopic (exact) mass is 206 g/mol. The van der Waals surface area contributed by atoms with Gasteiger partial charge in [0.15, 0.2) is 5.78 Å². The van der Waals surface area contributed by atoms with Crippen molar-refractivity contribution in [3.05, 3.63) is 35.4 Å². The van der Waals surface area contributed by atoms with Gasteiger partial charge in [0.25, 0.3) is 0 Å². The lowest BCUT2D eigenvalue weighted by Gasteiger charge is -1.93. The molecule has 0 unspecified atom stereocenters. The van der Waals surface area contributed by atoms with Gasteiger partial charge in [-0.3, -0.25) is 4.79 Å². The first kappa shape index (κ1) is 13.6. The predicted molar refractivity (Wildman–Crippen MR) is 62.2 cm³/mol. The third kappa shape index (κ3) is 6.61. The maximum absolute atomic E-state index is 10.8. The van der Waals surface area contributed by atoms with Gasteiger partial charge in [0.2, 0.25) is 0 Å². The molecule has 0 fully saturated rings. The minimum Gasteiger partial charge on any atom is -0.300 e. The summed E-state index contributed by atoms with van der Waals surface area (Å²) in [4.78, 5) is 20.6. The fourth-order valence-corrected chi connectivity index (χ4v) is 0.788. The number of benzene rings is 1. The number of carbonyl (C=O) groups is 2. The highest BCUT2D eigenvalue weighted by Gasteiger charge is 1.95. The molecular weight excluding hydrogens is 188 g/mol. The fraction of sp³-hybridized carbons (Fsp3) is 0.385. The Morgan fingerprint density at radius 1 is 1.07 bits per heavy atom.